The molecule has 10 heteroatoms. The molecule has 0 spiro atoms. The van der Waals surface area contributed by atoms with Gasteiger partial charge in [0, 0.05) is 56.4 Å². The van der Waals surface area contributed by atoms with E-state index < -0.39 is 15.8 Å². The van der Waals surface area contributed by atoms with Crippen LogP contribution in [0.5, 0.6) is 0 Å². The van der Waals surface area contributed by atoms with Gasteiger partial charge < -0.3 is 14.3 Å². The van der Waals surface area contributed by atoms with Gasteiger partial charge in [-0.1, -0.05) is 41.6 Å². The van der Waals surface area contributed by atoms with Crippen LogP contribution in [0, 0.1) is 18.7 Å². The minimum absolute atomic E-state index is 0.0214. The molecule has 0 aliphatic carbocycles. The van der Waals surface area contributed by atoms with Crippen LogP contribution in [0.3, 0.4) is 0 Å². The van der Waals surface area contributed by atoms with Crippen LogP contribution in [0.2, 0.25) is 0 Å². The number of benzene rings is 2. The summed E-state index contributed by atoms with van der Waals surface area (Å²) in [5.41, 5.74) is 1.71. The van der Waals surface area contributed by atoms with E-state index in [1.807, 2.05) is 23.1 Å². The molecule has 0 N–H and O–H groups in total. The van der Waals surface area contributed by atoms with Crippen LogP contribution in [0.4, 0.5) is 10.1 Å². The summed E-state index contributed by atoms with van der Waals surface area (Å²) in [6.07, 6.45) is 3.82. The number of aromatic nitrogens is 1. The van der Waals surface area contributed by atoms with Gasteiger partial charge in [-0.3, -0.25) is 4.79 Å². The highest BCUT2D eigenvalue weighted by atomic mass is 32.2. The van der Waals surface area contributed by atoms with Crippen molar-refractivity contribution in [2.24, 2.45) is 5.92 Å². The van der Waals surface area contributed by atoms with E-state index in [4.69, 9.17) is 4.52 Å². The number of nitrogens with zero attached hydrogens (tertiary/aromatic N) is 4. The Morgan fingerprint density at radius 3 is 2.29 bits per heavy atom. The highest BCUT2D eigenvalue weighted by molar-refractivity contribution is 7.89. The van der Waals surface area contributed by atoms with E-state index in [0.29, 0.717) is 31.5 Å². The molecule has 2 aliphatic rings. The number of para-hydroxylation sites is 1. The fourth-order valence-corrected chi connectivity index (χ4v) is 6.85. The van der Waals surface area contributed by atoms with Crippen molar-refractivity contribution in [2.45, 2.75) is 24.7 Å². The van der Waals surface area contributed by atoms with Gasteiger partial charge in [0.2, 0.25) is 15.9 Å². The maximum absolute atomic E-state index is 14.0. The Bertz CT molecular complexity index is 1410. The molecule has 0 radical (unpaired) electrons. The number of anilines is 1. The third-order valence-electron chi connectivity index (χ3n) is 7.27. The van der Waals surface area contributed by atoms with E-state index in [1.165, 1.54) is 22.5 Å². The number of amides is 1. The van der Waals surface area contributed by atoms with Crippen LogP contribution in [0.1, 0.15) is 29.9 Å². The van der Waals surface area contributed by atoms with Gasteiger partial charge in [0.25, 0.3) is 0 Å². The molecule has 38 heavy (non-hydrogen) atoms. The maximum Gasteiger partial charge on any atom is 0.248 e. The van der Waals surface area contributed by atoms with Gasteiger partial charge in [0.05, 0.1) is 0 Å². The first-order valence-corrected chi connectivity index (χ1v) is 14.3. The van der Waals surface area contributed by atoms with Crippen molar-refractivity contribution in [3.8, 4) is 0 Å². The van der Waals surface area contributed by atoms with E-state index in [0.717, 1.165) is 18.8 Å². The largest absolute Gasteiger partial charge is 0.368 e. The van der Waals surface area contributed by atoms with Crippen LogP contribution in [-0.2, 0) is 14.8 Å². The van der Waals surface area contributed by atoms with E-state index in [1.54, 1.807) is 25.1 Å². The Balaban J connectivity index is 1.21. The summed E-state index contributed by atoms with van der Waals surface area (Å²) >= 11 is 0. The smallest absolute Gasteiger partial charge is 0.248 e. The summed E-state index contributed by atoms with van der Waals surface area (Å²) in [4.78, 5) is 17.4. The lowest BCUT2D eigenvalue weighted by Gasteiger charge is -2.39. The number of sulfonamides is 1. The number of hydrogen-bond donors (Lipinski definition) is 0. The van der Waals surface area contributed by atoms with Crippen molar-refractivity contribution in [2.75, 3.05) is 44.2 Å². The summed E-state index contributed by atoms with van der Waals surface area (Å²) in [6, 6.07) is 16.4. The lowest BCUT2D eigenvalue weighted by Crippen LogP contribution is -2.52. The summed E-state index contributed by atoms with van der Waals surface area (Å²) in [5, 5.41) is 3.85. The first-order valence-electron chi connectivity index (χ1n) is 12.8. The fourth-order valence-electron chi connectivity index (χ4n) is 5.13. The number of hydrogen-bond acceptors (Lipinski definition) is 6. The molecule has 2 saturated heterocycles. The van der Waals surface area contributed by atoms with Gasteiger partial charge in [-0.05, 0) is 50.1 Å². The second-order valence-corrected chi connectivity index (χ2v) is 11.5. The minimum Gasteiger partial charge on any atom is -0.368 e. The quantitative estimate of drug-likeness (QED) is 0.471. The average Bonchev–Trinajstić information content (AvgIpc) is 3.34. The van der Waals surface area contributed by atoms with Crippen molar-refractivity contribution in [1.29, 1.82) is 0 Å². The van der Waals surface area contributed by atoms with Crippen molar-refractivity contribution >= 4 is 33.8 Å². The maximum atomic E-state index is 14.0. The molecule has 0 saturated carbocycles. The summed E-state index contributed by atoms with van der Waals surface area (Å²) < 4.78 is 47.7. The Morgan fingerprint density at radius 2 is 1.61 bits per heavy atom. The zero-order chi connectivity index (χ0) is 26.7. The van der Waals surface area contributed by atoms with Crippen molar-refractivity contribution < 1.29 is 22.1 Å². The van der Waals surface area contributed by atoms with Gasteiger partial charge in [-0.2, -0.15) is 4.31 Å². The van der Waals surface area contributed by atoms with Gasteiger partial charge in [-0.25, -0.2) is 12.8 Å². The normalized spacial score (nSPS) is 17.8. The lowest BCUT2D eigenvalue weighted by molar-refractivity contribution is -0.137. The molecule has 1 aromatic heterocycles. The zero-order valence-corrected chi connectivity index (χ0v) is 22.1. The number of piperazine rings is 1. The summed E-state index contributed by atoms with van der Waals surface area (Å²) in [7, 11) is -3.91. The topological polar surface area (TPSA) is 87.0 Å². The van der Waals surface area contributed by atoms with Crippen molar-refractivity contribution in [3.63, 3.8) is 0 Å². The minimum atomic E-state index is -3.91. The van der Waals surface area contributed by atoms with Crippen LogP contribution in [0.25, 0.3) is 12.2 Å². The third kappa shape index (κ3) is 5.37. The molecule has 0 bridgehead atoms. The van der Waals surface area contributed by atoms with E-state index in [2.05, 4.69) is 22.2 Å². The van der Waals surface area contributed by atoms with Gasteiger partial charge >= 0.3 is 0 Å². The molecule has 5 rings (SSSR count). The van der Waals surface area contributed by atoms with Crippen LogP contribution in [-0.4, -0.2) is 68.0 Å². The highest BCUT2D eigenvalue weighted by Gasteiger charge is 2.37. The number of rotatable bonds is 6. The molecule has 0 unspecified atom stereocenters. The number of halogens is 1. The van der Waals surface area contributed by atoms with Gasteiger partial charge in [0.15, 0.2) is 10.7 Å². The number of carbonyl (C=O) groups is 1. The number of piperidine rings is 1. The molecular weight excluding hydrogens is 507 g/mol. The average molecular weight is 539 g/mol. The number of aryl methyl sites for hydroxylation is 1. The lowest BCUT2D eigenvalue weighted by atomic mass is 9.96. The standard InChI is InChI=1S/C28H31FN4O4S/c1-21-27(26(37-30-21)12-11-22-7-5-6-10-25(22)29)38(35,36)33-15-13-23(14-16-33)28(34)32-19-17-31(18-20-32)24-8-3-2-4-9-24/h2-12,23H,13-20H2,1H3/b12-11+. The molecule has 2 aliphatic heterocycles. The number of carbonyl (C=O) groups excluding carboxylic acids is 1. The first kappa shape index (κ1) is 26.1. The molecule has 8 nitrogen and oxygen atoms in total. The molecule has 1 amide bonds. The Hall–Kier alpha value is -3.50. The van der Waals surface area contributed by atoms with Crippen LogP contribution < -0.4 is 4.90 Å². The predicted molar refractivity (Wildman–Crippen MR) is 143 cm³/mol. The van der Waals surface area contributed by atoms with Crippen LogP contribution in [0.15, 0.2) is 64.0 Å². The second kappa shape index (κ2) is 11.1. The summed E-state index contributed by atoms with van der Waals surface area (Å²) in [6.45, 7) is 4.92. The molecule has 200 valence electrons. The molecule has 0 atom stereocenters. The Kier molecular flexibility index (Phi) is 7.62. The monoisotopic (exact) mass is 538 g/mol. The predicted octanol–water partition coefficient (Wildman–Crippen LogP) is 4.04. The van der Waals surface area contributed by atoms with Gasteiger partial charge in [-0.15, -0.1) is 0 Å². The van der Waals surface area contributed by atoms with E-state index in [-0.39, 0.29) is 41.3 Å². The highest BCUT2D eigenvalue weighted by Crippen LogP contribution is 2.30. The molecule has 2 aromatic carbocycles. The van der Waals surface area contributed by atoms with Gasteiger partial charge in [0.1, 0.15) is 11.5 Å². The van der Waals surface area contributed by atoms with Crippen LogP contribution >= 0.6 is 0 Å². The second-order valence-electron chi connectivity index (χ2n) is 9.64. The Labute approximate surface area is 222 Å². The molecule has 3 heterocycles. The molecular formula is C28H31FN4O4S. The van der Waals surface area contributed by atoms with Crippen molar-refractivity contribution in [1.82, 2.24) is 14.4 Å². The molecule has 2 fully saturated rings. The SMILES string of the molecule is Cc1noc(/C=C/c2ccccc2F)c1S(=O)(=O)N1CCC(C(=O)N2CCN(c3ccccc3)CC2)CC1. The summed E-state index contributed by atoms with van der Waals surface area (Å²) in [5.74, 6) is -0.462. The van der Waals surface area contributed by atoms with E-state index in [9.17, 15) is 17.6 Å². The zero-order valence-electron chi connectivity index (χ0n) is 21.3. The van der Waals surface area contributed by atoms with E-state index >= 15 is 0 Å². The Morgan fingerprint density at radius 1 is 0.947 bits per heavy atom. The third-order valence-corrected chi connectivity index (χ3v) is 9.32. The first-order chi connectivity index (χ1) is 18.3. The van der Waals surface area contributed by atoms with Crippen molar-refractivity contribution in [3.05, 3.63) is 77.4 Å². The molecule has 3 aromatic rings. The fraction of sp³-hybridized carbons (Fsp3) is 0.357.